The fourth-order valence-electron chi connectivity index (χ4n) is 4.62. The lowest BCUT2D eigenvalue weighted by atomic mass is 9.97. The third-order valence-electron chi connectivity index (χ3n) is 6.40. The third kappa shape index (κ3) is 5.14. The number of aromatic nitrogens is 3. The van der Waals surface area contributed by atoms with Crippen molar-refractivity contribution in [3.8, 4) is 0 Å². The molecule has 2 aromatic heterocycles. The van der Waals surface area contributed by atoms with Gasteiger partial charge in [-0.1, -0.05) is 36.4 Å². The number of H-pyrrole nitrogens is 1. The molecule has 0 aliphatic carbocycles. The van der Waals surface area contributed by atoms with Crippen LogP contribution in [0.2, 0.25) is 0 Å². The fourth-order valence-corrected chi connectivity index (χ4v) is 4.62. The van der Waals surface area contributed by atoms with Crippen LogP contribution in [-0.2, 0) is 19.7 Å². The fraction of sp³-hybridized carbons (Fsp3) is 0.231. The van der Waals surface area contributed by atoms with E-state index in [0.717, 1.165) is 48.0 Å². The molecule has 12 heteroatoms. The van der Waals surface area contributed by atoms with Crippen LogP contribution in [-0.4, -0.2) is 84.1 Å². The number of carbonyl (C=O) groups is 2. The van der Waals surface area contributed by atoms with Gasteiger partial charge in [0.25, 0.3) is 21.9 Å². The summed E-state index contributed by atoms with van der Waals surface area (Å²) in [6, 6.07) is 15.4. The van der Waals surface area contributed by atoms with E-state index in [2.05, 4.69) is 27.1 Å². The highest BCUT2D eigenvalue weighted by Gasteiger charge is 2.35. The highest BCUT2D eigenvalue weighted by atomic mass is 32.2. The molecule has 3 N–H and O–H groups in total. The largest absolute Gasteiger partial charge is 0.361 e. The maximum atomic E-state index is 13.1. The Hall–Kier alpha value is -4.13. The second-order valence-electron chi connectivity index (χ2n) is 9.19. The molecule has 0 bridgehead atoms. The molecule has 11 nitrogen and oxygen atoms in total. The van der Waals surface area contributed by atoms with Gasteiger partial charge in [-0.2, -0.15) is 8.42 Å². The second-order valence-corrected chi connectivity index (χ2v) is 10.7. The number of likely N-dealkylation sites (N-methyl/N-ethyl adjacent to an activating group) is 1. The molecule has 0 spiro atoms. The summed E-state index contributed by atoms with van der Waals surface area (Å²) < 4.78 is 25.9. The number of nitrogens with one attached hydrogen (secondary N) is 2. The molecule has 0 unspecified atom stereocenters. The van der Waals surface area contributed by atoms with Crippen molar-refractivity contribution in [3.05, 3.63) is 66.0 Å². The van der Waals surface area contributed by atoms with Gasteiger partial charge in [0.1, 0.15) is 0 Å². The van der Waals surface area contributed by atoms with Gasteiger partial charge >= 0.3 is 0 Å². The van der Waals surface area contributed by atoms with E-state index < -0.39 is 21.9 Å². The lowest BCUT2D eigenvalue weighted by Crippen LogP contribution is -2.45. The summed E-state index contributed by atoms with van der Waals surface area (Å²) in [6.45, 7) is 3.42. The number of piperazine rings is 1. The molecule has 2 aliphatic rings. The Labute approximate surface area is 218 Å². The average Bonchev–Trinajstić information content (AvgIpc) is 3.42. The van der Waals surface area contributed by atoms with Crippen molar-refractivity contribution >= 4 is 60.8 Å². The van der Waals surface area contributed by atoms with Crippen LogP contribution in [0.3, 0.4) is 0 Å². The van der Waals surface area contributed by atoms with Crippen LogP contribution in [0.15, 0.2) is 54.7 Å². The number of nitrogens with zero attached hydrogens (tertiary/aromatic N) is 4. The average molecular weight is 535 g/mol. The van der Waals surface area contributed by atoms with Gasteiger partial charge in [-0.05, 0) is 19.2 Å². The first-order valence-electron chi connectivity index (χ1n) is 11.9. The number of anilines is 1. The lowest BCUT2D eigenvalue weighted by Gasteiger charge is -2.32. The standard InChI is InChI=1S/C25H22N6O2.CH4O3S/c1-30-10-12-31(13-11-30)25-27-19-9-5-3-7-16(19)22(28-25)21-20(23(32)29-24(21)33)17-14-26-18-8-4-2-6-15(17)18;1-5(2,3)4/h2-9,14,26H,10-13H2,1H3,(H,29,32,33);1H3,(H,2,3,4). The normalized spacial score (nSPS) is 16.7. The van der Waals surface area contributed by atoms with E-state index >= 15 is 0 Å². The SMILES string of the molecule is CN1CCN(c2nc(C3=C(c4c[nH]c5ccccc45)C(=O)NC3=O)c3ccccc3n2)CC1.CS(=O)(=O)O. The minimum atomic E-state index is -3.67. The van der Waals surface area contributed by atoms with E-state index in [1.165, 1.54) is 0 Å². The van der Waals surface area contributed by atoms with Crippen LogP contribution < -0.4 is 10.2 Å². The summed E-state index contributed by atoms with van der Waals surface area (Å²) in [6.07, 6.45) is 2.50. The van der Waals surface area contributed by atoms with Crippen molar-refractivity contribution in [1.82, 2.24) is 25.2 Å². The Kier molecular flexibility index (Phi) is 6.69. The monoisotopic (exact) mass is 534 g/mol. The Morgan fingerprint density at radius 3 is 2.18 bits per heavy atom. The molecule has 1 saturated heterocycles. The van der Waals surface area contributed by atoms with Crippen molar-refractivity contribution in [2.24, 2.45) is 0 Å². The molecule has 196 valence electrons. The van der Waals surface area contributed by atoms with Crippen LogP contribution in [0.5, 0.6) is 0 Å². The summed E-state index contributed by atoms with van der Waals surface area (Å²) in [7, 11) is -1.57. The number of rotatable bonds is 3. The van der Waals surface area contributed by atoms with E-state index in [-0.39, 0.29) is 0 Å². The molecule has 1 fully saturated rings. The Morgan fingerprint density at radius 1 is 0.868 bits per heavy atom. The van der Waals surface area contributed by atoms with Gasteiger partial charge in [0.2, 0.25) is 5.95 Å². The summed E-state index contributed by atoms with van der Waals surface area (Å²) in [4.78, 5) is 43.4. The Morgan fingerprint density at radius 2 is 1.47 bits per heavy atom. The number of hydrogen-bond acceptors (Lipinski definition) is 8. The highest BCUT2D eigenvalue weighted by molar-refractivity contribution is 7.85. The van der Waals surface area contributed by atoms with Crippen molar-refractivity contribution in [1.29, 1.82) is 0 Å². The first-order valence-corrected chi connectivity index (χ1v) is 13.7. The summed E-state index contributed by atoms with van der Waals surface area (Å²) in [5.41, 5.74) is 3.45. The quantitative estimate of drug-likeness (QED) is 0.265. The number of hydrogen-bond donors (Lipinski definition) is 3. The third-order valence-corrected chi connectivity index (χ3v) is 6.40. The number of fused-ring (bicyclic) bond motifs is 2. The predicted molar refractivity (Wildman–Crippen MR) is 145 cm³/mol. The van der Waals surface area contributed by atoms with Gasteiger partial charge in [0.05, 0.1) is 28.6 Å². The second kappa shape index (κ2) is 9.97. The molecule has 0 saturated carbocycles. The minimum Gasteiger partial charge on any atom is -0.361 e. The summed E-state index contributed by atoms with van der Waals surface area (Å²) in [5, 5.41) is 4.12. The molecule has 2 aromatic carbocycles. The van der Waals surface area contributed by atoms with E-state index in [1.54, 1.807) is 6.20 Å². The lowest BCUT2D eigenvalue weighted by molar-refractivity contribution is -0.122. The summed E-state index contributed by atoms with van der Waals surface area (Å²) in [5.74, 6) is -0.271. The van der Waals surface area contributed by atoms with Gasteiger partial charge in [0, 0.05) is 54.2 Å². The van der Waals surface area contributed by atoms with E-state index in [4.69, 9.17) is 14.5 Å². The smallest absolute Gasteiger partial charge is 0.261 e. The number of amides is 2. The van der Waals surface area contributed by atoms with Crippen LogP contribution in [0.25, 0.3) is 33.0 Å². The molecule has 6 rings (SSSR count). The zero-order valence-corrected chi connectivity index (χ0v) is 21.6. The topological polar surface area (TPSA) is 149 Å². The maximum Gasteiger partial charge on any atom is 0.261 e. The maximum absolute atomic E-state index is 13.1. The Bertz CT molecular complexity index is 1700. The number of benzene rings is 2. The molecular formula is C26H26N6O5S. The Balaban J connectivity index is 0.000000540. The molecule has 0 atom stereocenters. The molecule has 38 heavy (non-hydrogen) atoms. The van der Waals surface area contributed by atoms with Gasteiger partial charge in [0.15, 0.2) is 0 Å². The van der Waals surface area contributed by atoms with E-state index in [0.29, 0.717) is 34.6 Å². The molecule has 0 radical (unpaired) electrons. The van der Waals surface area contributed by atoms with Gasteiger partial charge in [-0.15, -0.1) is 0 Å². The van der Waals surface area contributed by atoms with Crippen molar-refractivity contribution < 1.29 is 22.6 Å². The van der Waals surface area contributed by atoms with Crippen LogP contribution in [0, 0.1) is 0 Å². The van der Waals surface area contributed by atoms with Gasteiger partial charge < -0.3 is 14.8 Å². The van der Waals surface area contributed by atoms with Crippen LogP contribution in [0.1, 0.15) is 11.3 Å². The molecule has 4 heterocycles. The van der Waals surface area contributed by atoms with Gasteiger partial charge in [-0.3, -0.25) is 19.5 Å². The number of para-hydroxylation sites is 2. The van der Waals surface area contributed by atoms with E-state index in [1.807, 2.05) is 48.5 Å². The molecule has 4 aromatic rings. The molecule has 2 amide bonds. The number of imide groups is 1. The van der Waals surface area contributed by atoms with Crippen molar-refractivity contribution in [2.45, 2.75) is 0 Å². The van der Waals surface area contributed by atoms with Crippen LogP contribution >= 0.6 is 0 Å². The minimum absolute atomic E-state index is 0.290. The summed E-state index contributed by atoms with van der Waals surface area (Å²) >= 11 is 0. The van der Waals surface area contributed by atoms with E-state index in [9.17, 15) is 18.0 Å². The number of aromatic amines is 1. The van der Waals surface area contributed by atoms with Crippen molar-refractivity contribution in [2.75, 3.05) is 44.4 Å². The predicted octanol–water partition coefficient (Wildman–Crippen LogP) is 1.93. The highest BCUT2D eigenvalue weighted by Crippen LogP contribution is 2.37. The van der Waals surface area contributed by atoms with Crippen molar-refractivity contribution in [3.63, 3.8) is 0 Å². The van der Waals surface area contributed by atoms with Crippen LogP contribution in [0.4, 0.5) is 5.95 Å². The molecule has 2 aliphatic heterocycles. The first-order chi connectivity index (χ1) is 18.1. The van der Waals surface area contributed by atoms with Gasteiger partial charge in [-0.25, -0.2) is 9.97 Å². The molecular weight excluding hydrogens is 508 g/mol. The zero-order chi connectivity index (χ0) is 27.0. The number of carbonyl (C=O) groups excluding carboxylic acids is 2. The zero-order valence-electron chi connectivity index (χ0n) is 20.8. The first kappa shape index (κ1) is 25.5.